The lowest BCUT2D eigenvalue weighted by molar-refractivity contribution is 0.0258. The summed E-state index contributed by atoms with van der Waals surface area (Å²) in [5.74, 6) is 8.58. The minimum atomic E-state index is 0.944. The van der Waals surface area contributed by atoms with E-state index >= 15 is 0 Å². The number of hydrogen-bond donors (Lipinski definition) is 0. The molecule has 0 aromatic heterocycles. The summed E-state index contributed by atoms with van der Waals surface area (Å²) in [6.07, 6.45) is 40.6. The highest BCUT2D eigenvalue weighted by molar-refractivity contribution is 8.00. The lowest BCUT2D eigenvalue weighted by Gasteiger charge is -2.48. The van der Waals surface area contributed by atoms with E-state index in [9.17, 15) is 0 Å². The zero-order valence-corrected chi connectivity index (χ0v) is 29.7. The molecule has 10 fully saturated rings. The average Bonchev–Trinajstić information content (AvgIpc) is 3.76. The van der Waals surface area contributed by atoms with Gasteiger partial charge in [-0.05, 0) is 150 Å². The van der Waals surface area contributed by atoms with Crippen molar-refractivity contribution in [3.05, 3.63) is 0 Å². The Kier molecular flexibility index (Phi) is 8.40. The van der Waals surface area contributed by atoms with E-state index < -0.39 is 0 Å². The molecule has 0 amide bonds. The molecule has 0 bridgehead atoms. The topological polar surface area (TPSA) is 6.48 Å². The Balaban J connectivity index is 0.864. The highest BCUT2D eigenvalue weighted by Gasteiger charge is 2.59. The quantitative estimate of drug-likeness (QED) is 0.306. The summed E-state index contributed by atoms with van der Waals surface area (Å²) < 4.78 is 0. The Hall–Kier alpha value is 0.270. The normalized spacial score (nSPS) is 54.0. The van der Waals surface area contributed by atoms with E-state index in [1.54, 1.807) is 116 Å². The van der Waals surface area contributed by atoms with Crippen LogP contribution in [0.25, 0.3) is 0 Å². The summed E-state index contributed by atoms with van der Waals surface area (Å²) in [6, 6.07) is 5.80. The number of rotatable bonds is 3. The molecule has 0 N–H and O–H groups in total. The predicted octanol–water partition coefficient (Wildman–Crippen LogP) is 10.5. The second-order valence-corrected chi connectivity index (χ2v) is 20.5. The van der Waals surface area contributed by atoms with Crippen molar-refractivity contribution in [2.45, 2.75) is 214 Å². The van der Waals surface area contributed by atoms with Gasteiger partial charge in [-0.1, -0.05) is 64.2 Å². The fraction of sp³-hybridized carbons (Fsp3) is 1.00. The summed E-state index contributed by atoms with van der Waals surface area (Å²) in [4.78, 5) is 6.64. The van der Waals surface area contributed by atoms with Gasteiger partial charge in [-0.15, -0.1) is 0 Å². The van der Waals surface area contributed by atoms with Crippen molar-refractivity contribution in [1.29, 1.82) is 0 Å². The third kappa shape index (κ3) is 5.04. The molecule has 45 heavy (non-hydrogen) atoms. The van der Waals surface area contributed by atoms with Crippen LogP contribution in [0, 0.1) is 47.3 Å². The van der Waals surface area contributed by atoms with E-state index in [0.717, 1.165) is 94.1 Å². The van der Waals surface area contributed by atoms with Crippen LogP contribution in [0.15, 0.2) is 0 Å². The van der Waals surface area contributed by atoms with Crippen LogP contribution in [0.1, 0.15) is 167 Å². The van der Waals surface area contributed by atoms with E-state index in [1.165, 1.54) is 51.4 Å². The molecule has 7 saturated carbocycles. The van der Waals surface area contributed by atoms with Crippen molar-refractivity contribution in [2.75, 3.05) is 0 Å². The molecule has 10 rings (SSSR count). The average molecular weight is 633 g/mol. The van der Waals surface area contributed by atoms with Crippen LogP contribution in [0.4, 0.5) is 0 Å². The van der Waals surface area contributed by atoms with Gasteiger partial charge < -0.3 is 0 Å². The van der Waals surface area contributed by atoms with Gasteiger partial charge in [-0.3, -0.25) is 9.80 Å². The van der Waals surface area contributed by atoms with Crippen LogP contribution < -0.4 is 0 Å². The molecular formula is C42H68N2S. The summed E-state index contributed by atoms with van der Waals surface area (Å²) >= 11 is 2.56. The maximum absolute atomic E-state index is 3.38. The predicted molar refractivity (Wildman–Crippen MR) is 190 cm³/mol. The Morgan fingerprint density at radius 1 is 0.333 bits per heavy atom. The van der Waals surface area contributed by atoms with Crippen LogP contribution in [-0.4, -0.2) is 56.6 Å². The number of likely N-dealkylation sites (tertiary alicyclic amines) is 2. The summed E-state index contributed by atoms with van der Waals surface area (Å²) in [5.41, 5.74) is 0. The smallest absolute Gasteiger partial charge is 0.0237 e. The molecule has 3 heteroatoms. The standard InChI is InChI=1S/C42H68N2S/c1-2-11-29(12-3-1)43-36-17-7-4-13-30(36)34-25-27(21-23-38(34)43)28-22-24-39-35(26-28)31-14-5-8-18-37(31)44(39)40-19-10-16-33-32-15-6-9-20-41(32)45-42(33)40/h27-42H,1-26H2. The first-order valence-corrected chi connectivity index (χ1v) is 22.5. The molecule has 3 heterocycles. The maximum atomic E-state index is 3.38. The number of fused-ring (bicyclic) bond motifs is 9. The van der Waals surface area contributed by atoms with Crippen LogP contribution in [0.3, 0.4) is 0 Å². The van der Waals surface area contributed by atoms with Gasteiger partial charge >= 0.3 is 0 Å². The van der Waals surface area contributed by atoms with Gasteiger partial charge in [0.05, 0.1) is 0 Å². The molecular weight excluding hydrogens is 565 g/mol. The molecule has 0 aromatic rings. The Bertz CT molecular complexity index is 1040. The van der Waals surface area contributed by atoms with E-state index in [2.05, 4.69) is 21.6 Å². The highest BCUT2D eigenvalue weighted by Crippen LogP contribution is 2.61. The Morgan fingerprint density at radius 3 is 1.56 bits per heavy atom. The zero-order valence-electron chi connectivity index (χ0n) is 28.9. The zero-order chi connectivity index (χ0) is 29.5. The molecule has 3 aliphatic heterocycles. The summed E-state index contributed by atoms with van der Waals surface area (Å²) in [7, 11) is 0. The van der Waals surface area contributed by atoms with Crippen molar-refractivity contribution >= 4 is 11.8 Å². The summed E-state index contributed by atoms with van der Waals surface area (Å²) in [5, 5.41) is 2.04. The van der Waals surface area contributed by atoms with Gasteiger partial charge in [-0.2, -0.15) is 11.8 Å². The lowest BCUT2D eigenvalue weighted by Crippen LogP contribution is -2.54. The lowest BCUT2D eigenvalue weighted by atomic mass is 9.62. The SMILES string of the molecule is C1CCC(N2C3CCCCC3C3CC(C4CCC5C(C4)C4CCCCC4N5C4CCCC5C6CCCCC6SC54)CCC32)CC1. The second-order valence-electron chi connectivity index (χ2n) is 19.1. The van der Waals surface area contributed by atoms with E-state index in [1.807, 2.05) is 0 Å². The molecule has 15 unspecified atom stereocenters. The molecule has 2 nitrogen and oxygen atoms in total. The molecule has 0 aromatic carbocycles. The van der Waals surface area contributed by atoms with Gasteiger partial charge in [0.25, 0.3) is 0 Å². The first kappa shape index (κ1) is 30.1. The van der Waals surface area contributed by atoms with Gasteiger partial charge in [0.15, 0.2) is 0 Å². The monoisotopic (exact) mass is 633 g/mol. The molecule has 252 valence electrons. The molecule has 7 aliphatic carbocycles. The van der Waals surface area contributed by atoms with Crippen LogP contribution in [-0.2, 0) is 0 Å². The Morgan fingerprint density at radius 2 is 0.844 bits per heavy atom. The van der Waals surface area contributed by atoms with Crippen LogP contribution in [0.5, 0.6) is 0 Å². The number of thioether (sulfide) groups is 1. The van der Waals surface area contributed by atoms with Gasteiger partial charge in [0, 0.05) is 46.8 Å². The number of nitrogens with zero attached hydrogens (tertiary/aromatic N) is 2. The summed E-state index contributed by atoms with van der Waals surface area (Å²) in [6.45, 7) is 0. The van der Waals surface area contributed by atoms with Crippen molar-refractivity contribution in [1.82, 2.24) is 9.80 Å². The highest BCUT2D eigenvalue weighted by atomic mass is 32.2. The third-order valence-corrected chi connectivity index (χ3v) is 19.4. The molecule has 0 spiro atoms. The van der Waals surface area contributed by atoms with Crippen molar-refractivity contribution in [3.63, 3.8) is 0 Å². The minimum absolute atomic E-state index is 0.944. The Labute approximate surface area is 281 Å². The van der Waals surface area contributed by atoms with Gasteiger partial charge in [0.1, 0.15) is 0 Å². The second kappa shape index (κ2) is 12.5. The van der Waals surface area contributed by atoms with E-state index in [0.29, 0.717) is 0 Å². The first-order chi connectivity index (χ1) is 22.3. The largest absolute Gasteiger partial charge is 0.294 e. The number of hydrogen-bond acceptors (Lipinski definition) is 3. The molecule has 15 atom stereocenters. The first-order valence-electron chi connectivity index (χ1n) is 21.5. The van der Waals surface area contributed by atoms with Gasteiger partial charge in [0.2, 0.25) is 0 Å². The van der Waals surface area contributed by atoms with Crippen LogP contribution >= 0.6 is 11.8 Å². The fourth-order valence-electron chi connectivity index (χ4n) is 16.0. The fourth-order valence-corrected chi connectivity index (χ4v) is 18.3. The van der Waals surface area contributed by atoms with Gasteiger partial charge in [-0.25, -0.2) is 0 Å². The molecule has 10 aliphatic rings. The van der Waals surface area contributed by atoms with Crippen LogP contribution in [0.2, 0.25) is 0 Å². The van der Waals surface area contributed by atoms with Crippen molar-refractivity contribution in [2.24, 2.45) is 47.3 Å². The van der Waals surface area contributed by atoms with E-state index in [4.69, 9.17) is 0 Å². The maximum Gasteiger partial charge on any atom is 0.0237 e. The molecule has 0 radical (unpaired) electrons. The third-order valence-electron chi connectivity index (χ3n) is 17.5. The minimum Gasteiger partial charge on any atom is -0.294 e. The van der Waals surface area contributed by atoms with E-state index in [-0.39, 0.29) is 0 Å². The molecule has 3 saturated heterocycles. The van der Waals surface area contributed by atoms with Crippen molar-refractivity contribution < 1.29 is 0 Å². The van der Waals surface area contributed by atoms with Crippen molar-refractivity contribution in [3.8, 4) is 0 Å².